The van der Waals surface area contributed by atoms with Crippen LogP contribution in [0.15, 0.2) is 0 Å². The van der Waals surface area contributed by atoms with Gasteiger partial charge in [0.05, 0.1) is 25.2 Å². The van der Waals surface area contributed by atoms with Gasteiger partial charge in [0.2, 0.25) is 0 Å². The molecule has 0 aliphatic heterocycles. The van der Waals surface area contributed by atoms with Crippen LogP contribution in [0.25, 0.3) is 0 Å². The van der Waals surface area contributed by atoms with Gasteiger partial charge in [-0.25, -0.2) is 0 Å². The van der Waals surface area contributed by atoms with Crippen LogP contribution in [0, 0.1) is 0 Å². The first-order chi connectivity index (χ1) is 7.99. The molecule has 0 aromatic carbocycles. The molecule has 1 aliphatic rings. The fourth-order valence-electron chi connectivity index (χ4n) is 1.73. The molecule has 17 heavy (non-hydrogen) atoms. The zero-order valence-corrected chi connectivity index (χ0v) is 10.6. The lowest BCUT2D eigenvalue weighted by Crippen LogP contribution is -2.38. The minimum absolute atomic E-state index is 0.109. The standard InChI is InChI=1S/C12H23NO4/c1-9(2)17-8-11(14)7-13(10-3-4-10)6-5-12(15)16/h9-11,14H,3-8H2,1-2H3,(H,15,16). The number of rotatable bonds is 9. The zero-order valence-electron chi connectivity index (χ0n) is 10.6. The van der Waals surface area contributed by atoms with Gasteiger partial charge in [-0.3, -0.25) is 9.69 Å². The first-order valence-electron chi connectivity index (χ1n) is 6.24. The van der Waals surface area contributed by atoms with Crippen LogP contribution in [0.4, 0.5) is 0 Å². The number of aliphatic hydroxyl groups excluding tert-OH is 1. The van der Waals surface area contributed by atoms with Gasteiger partial charge in [-0.05, 0) is 26.7 Å². The van der Waals surface area contributed by atoms with Crippen molar-refractivity contribution in [3.63, 3.8) is 0 Å². The first-order valence-corrected chi connectivity index (χ1v) is 6.24. The van der Waals surface area contributed by atoms with Gasteiger partial charge in [0.15, 0.2) is 0 Å². The van der Waals surface area contributed by atoms with Crippen molar-refractivity contribution in [1.29, 1.82) is 0 Å². The quantitative estimate of drug-likeness (QED) is 0.626. The van der Waals surface area contributed by atoms with Crippen molar-refractivity contribution in [2.45, 2.75) is 51.4 Å². The van der Waals surface area contributed by atoms with Gasteiger partial charge in [-0.15, -0.1) is 0 Å². The number of carboxylic acid groups (broad SMARTS) is 1. The number of aliphatic carboxylic acids is 1. The van der Waals surface area contributed by atoms with Crippen LogP contribution in [0.2, 0.25) is 0 Å². The summed E-state index contributed by atoms with van der Waals surface area (Å²) in [5.41, 5.74) is 0. The highest BCUT2D eigenvalue weighted by Crippen LogP contribution is 2.27. The van der Waals surface area contributed by atoms with Crippen LogP contribution >= 0.6 is 0 Å². The smallest absolute Gasteiger partial charge is 0.304 e. The third-order valence-corrected chi connectivity index (χ3v) is 2.74. The summed E-state index contributed by atoms with van der Waals surface area (Å²) in [4.78, 5) is 12.6. The Balaban J connectivity index is 2.25. The molecule has 100 valence electrons. The van der Waals surface area contributed by atoms with E-state index in [-0.39, 0.29) is 12.5 Å². The number of carboxylic acids is 1. The Morgan fingerprint density at radius 2 is 2.12 bits per heavy atom. The summed E-state index contributed by atoms with van der Waals surface area (Å²) in [7, 11) is 0. The van der Waals surface area contributed by atoms with E-state index >= 15 is 0 Å². The predicted octanol–water partition coefficient (Wildman–Crippen LogP) is 0.711. The normalized spacial score (nSPS) is 17.7. The number of carbonyl (C=O) groups is 1. The molecule has 1 rings (SSSR count). The molecule has 0 spiro atoms. The summed E-state index contributed by atoms with van der Waals surface area (Å²) in [6, 6.07) is 0.461. The van der Waals surface area contributed by atoms with Gasteiger partial charge in [-0.1, -0.05) is 0 Å². The molecular weight excluding hydrogens is 222 g/mol. The molecule has 0 amide bonds. The van der Waals surface area contributed by atoms with E-state index in [0.29, 0.717) is 25.7 Å². The molecule has 0 saturated heterocycles. The Morgan fingerprint density at radius 1 is 1.47 bits per heavy atom. The topological polar surface area (TPSA) is 70.0 Å². The number of aliphatic hydroxyl groups is 1. The fourth-order valence-corrected chi connectivity index (χ4v) is 1.73. The maximum absolute atomic E-state index is 10.5. The van der Waals surface area contributed by atoms with Gasteiger partial charge < -0.3 is 14.9 Å². The molecule has 0 bridgehead atoms. The van der Waals surface area contributed by atoms with Crippen LogP contribution in [-0.4, -0.2) is 59.0 Å². The Bertz CT molecular complexity index is 241. The van der Waals surface area contributed by atoms with E-state index in [4.69, 9.17) is 9.84 Å². The Hall–Kier alpha value is -0.650. The Morgan fingerprint density at radius 3 is 2.59 bits per heavy atom. The largest absolute Gasteiger partial charge is 0.481 e. The van der Waals surface area contributed by atoms with Gasteiger partial charge >= 0.3 is 5.97 Å². The minimum Gasteiger partial charge on any atom is -0.481 e. The second-order valence-electron chi connectivity index (χ2n) is 4.91. The van der Waals surface area contributed by atoms with Gasteiger partial charge in [-0.2, -0.15) is 0 Å². The lowest BCUT2D eigenvalue weighted by Gasteiger charge is -2.24. The Kier molecular flexibility index (Phi) is 5.88. The van der Waals surface area contributed by atoms with Crippen LogP contribution < -0.4 is 0 Å². The lowest BCUT2D eigenvalue weighted by atomic mass is 10.3. The molecule has 0 heterocycles. The number of hydrogen-bond acceptors (Lipinski definition) is 4. The molecule has 1 unspecified atom stereocenters. The molecule has 1 atom stereocenters. The average molecular weight is 245 g/mol. The molecule has 1 aliphatic carbocycles. The monoisotopic (exact) mass is 245 g/mol. The van der Waals surface area contributed by atoms with Crippen molar-refractivity contribution in [2.24, 2.45) is 0 Å². The molecule has 0 radical (unpaired) electrons. The van der Waals surface area contributed by atoms with Gasteiger partial charge in [0.25, 0.3) is 0 Å². The SMILES string of the molecule is CC(C)OCC(O)CN(CCC(=O)O)C1CC1. The molecule has 2 N–H and O–H groups in total. The molecule has 0 aromatic heterocycles. The van der Waals surface area contributed by atoms with E-state index in [1.165, 1.54) is 0 Å². The first kappa shape index (κ1) is 14.4. The van der Waals surface area contributed by atoms with E-state index in [9.17, 15) is 9.90 Å². The number of hydrogen-bond donors (Lipinski definition) is 2. The van der Waals surface area contributed by atoms with E-state index < -0.39 is 12.1 Å². The second-order valence-corrected chi connectivity index (χ2v) is 4.91. The molecule has 1 saturated carbocycles. The van der Waals surface area contributed by atoms with Crippen molar-refractivity contribution >= 4 is 5.97 Å². The van der Waals surface area contributed by atoms with E-state index in [0.717, 1.165) is 12.8 Å². The lowest BCUT2D eigenvalue weighted by molar-refractivity contribution is -0.137. The number of nitrogens with zero attached hydrogens (tertiary/aromatic N) is 1. The molecule has 5 heteroatoms. The summed E-state index contributed by atoms with van der Waals surface area (Å²) < 4.78 is 5.34. The minimum atomic E-state index is -0.788. The maximum atomic E-state index is 10.5. The van der Waals surface area contributed by atoms with Gasteiger partial charge in [0.1, 0.15) is 0 Å². The highest BCUT2D eigenvalue weighted by Gasteiger charge is 2.30. The maximum Gasteiger partial charge on any atom is 0.304 e. The average Bonchev–Trinajstić information content (AvgIpc) is 3.04. The zero-order chi connectivity index (χ0) is 12.8. The van der Waals surface area contributed by atoms with Crippen molar-refractivity contribution < 1.29 is 19.7 Å². The molecule has 5 nitrogen and oxygen atoms in total. The molecule has 1 fully saturated rings. The van der Waals surface area contributed by atoms with Crippen LogP contribution in [0.5, 0.6) is 0 Å². The van der Waals surface area contributed by atoms with E-state index in [1.807, 2.05) is 13.8 Å². The van der Waals surface area contributed by atoms with E-state index in [1.54, 1.807) is 0 Å². The van der Waals surface area contributed by atoms with Crippen LogP contribution in [0.3, 0.4) is 0 Å². The molecule has 0 aromatic rings. The van der Waals surface area contributed by atoms with Crippen molar-refractivity contribution in [3.8, 4) is 0 Å². The third kappa shape index (κ3) is 6.61. The van der Waals surface area contributed by atoms with Crippen molar-refractivity contribution in [1.82, 2.24) is 4.90 Å². The van der Waals surface area contributed by atoms with E-state index in [2.05, 4.69) is 4.90 Å². The predicted molar refractivity (Wildman–Crippen MR) is 63.9 cm³/mol. The van der Waals surface area contributed by atoms with Crippen molar-refractivity contribution in [2.75, 3.05) is 19.7 Å². The fraction of sp³-hybridized carbons (Fsp3) is 0.917. The third-order valence-electron chi connectivity index (χ3n) is 2.74. The van der Waals surface area contributed by atoms with Crippen LogP contribution in [0.1, 0.15) is 33.1 Å². The second kappa shape index (κ2) is 6.93. The summed E-state index contributed by atoms with van der Waals surface area (Å²) >= 11 is 0. The highest BCUT2D eigenvalue weighted by atomic mass is 16.5. The highest BCUT2D eigenvalue weighted by molar-refractivity contribution is 5.66. The van der Waals surface area contributed by atoms with Gasteiger partial charge in [0, 0.05) is 19.1 Å². The summed E-state index contributed by atoms with van der Waals surface area (Å²) in [5.74, 6) is -0.788. The summed E-state index contributed by atoms with van der Waals surface area (Å²) in [5, 5.41) is 18.5. The number of ether oxygens (including phenoxy) is 1. The molecular formula is C12H23NO4. The van der Waals surface area contributed by atoms with Crippen molar-refractivity contribution in [3.05, 3.63) is 0 Å². The Labute approximate surface area is 102 Å². The summed E-state index contributed by atoms with van der Waals surface area (Å²) in [6.45, 7) is 5.18. The summed E-state index contributed by atoms with van der Waals surface area (Å²) in [6.07, 6.45) is 1.92. The van der Waals surface area contributed by atoms with Crippen LogP contribution in [-0.2, 0) is 9.53 Å².